The highest BCUT2D eigenvalue weighted by atomic mass is 35.5. The van der Waals surface area contributed by atoms with Crippen LogP contribution in [0.3, 0.4) is 0 Å². The molecule has 9 heteroatoms. The van der Waals surface area contributed by atoms with E-state index in [2.05, 4.69) is 10.5 Å². The molecule has 1 aromatic heterocycles. The van der Waals surface area contributed by atoms with Gasteiger partial charge >= 0.3 is 6.09 Å². The fourth-order valence-corrected chi connectivity index (χ4v) is 3.82. The van der Waals surface area contributed by atoms with Crippen LogP contribution in [0, 0.1) is 0 Å². The third-order valence-electron chi connectivity index (χ3n) is 5.06. The number of nitrogens with zero attached hydrogens (tertiary/aromatic N) is 2. The third kappa shape index (κ3) is 6.59. The van der Waals surface area contributed by atoms with Gasteiger partial charge in [-0.05, 0) is 47.5 Å². The first-order valence-corrected chi connectivity index (χ1v) is 11.4. The van der Waals surface area contributed by atoms with Crippen molar-refractivity contribution < 1.29 is 23.6 Å². The molecule has 32 heavy (non-hydrogen) atoms. The van der Waals surface area contributed by atoms with Gasteiger partial charge in [-0.2, -0.15) is 0 Å². The highest BCUT2D eigenvalue weighted by molar-refractivity contribution is 6.23. The lowest BCUT2D eigenvalue weighted by Crippen LogP contribution is -2.47. The Morgan fingerprint density at radius 1 is 1.28 bits per heavy atom. The van der Waals surface area contributed by atoms with Crippen molar-refractivity contribution in [2.45, 2.75) is 76.7 Å². The van der Waals surface area contributed by atoms with Crippen molar-refractivity contribution in [2.75, 3.05) is 13.1 Å². The molecule has 8 nitrogen and oxygen atoms in total. The Kier molecular flexibility index (Phi) is 7.67. The number of carbonyl (C=O) groups is 2. The highest BCUT2D eigenvalue weighted by Gasteiger charge is 2.28. The Balaban J connectivity index is 1.52. The van der Waals surface area contributed by atoms with E-state index < -0.39 is 5.60 Å². The van der Waals surface area contributed by atoms with Gasteiger partial charge in [0.2, 0.25) is 0 Å². The van der Waals surface area contributed by atoms with Gasteiger partial charge in [0.05, 0.1) is 17.6 Å². The maximum absolute atomic E-state index is 12.6. The summed E-state index contributed by atoms with van der Waals surface area (Å²) in [5.74, 6) is 0.166. The first kappa shape index (κ1) is 24.3. The summed E-state index contributed by atoms with van der Waals surface area (Å²) in [5, 5.41) is 6.55. The first-order valence-electron chi connectivity index (χ1n) is 11.0. The number of aromatic nitrogens is 1. The number of ether oxygens (including phenoxy) is 2. The second-order valence-electron chi connectivity index (χ2n) is 9.37. The van der Waals surface area contributed by atoms with Crippen LogP contribution in [-0.4, -0.2) is 64.4 Å². The molecule has 0 bridgehead atoms. The monoisotopic (exact) mass is 465 g/mol. The molecule has 1 aromatic rings. The lowest BCUT2D eigenvalue weighted by molar-refractivity contribution is 0.0199. The molecule has 2 heterocycles. The van der Waals surface area contributed by atoms with Crippen LogP contribution < -0.4 is 5.32 Å². The van der Waals surface area contributed by atoms with E-state index in [9.17, 15) is 9.59 Å². The summed E-state index contributed by atoms with van der Waals surface area (Å²) in [6, 6.07) is 1.56. The Hall–Kier alpha value is -2.32. The topological polar surface area (TPSA) is 93.9 Å². The van der Waals surface area contributed by atoms with E-state index in [0.717, 1.165) is 5.57 Å². The molecule has 0 radical (unpaired) electrons. The highest BCUT2D eigenvalue weighted by Crippen LogP contribution is 2.27. The molecule has 1 aliphatic carbocycles. The molecule has 2 unspecified atom stereocenters. The van der Waals surface area contributed by atoms with Crippen LogP contribution in [0.4, 0.5) is 4.79 Å². The summed E-state index contributed by atoms with van der Waals surface area (Å²) in [6.45, 7) is 10.5. The van der Waals surface area contributed by atoms with Crippen molar-refractivity contribution >= 4 is 29.2 Å². The number of carbonyl (C=O) groups excluding carboxylic acids is 2. The maximum atomic E-state index is 12.6. The van der Waals surface area contributed by atoms with E-state index in [1.807, 2.05) is 52.8 Å². The average Bonchev–Trinajstić information content (AvgIpc) is 3.19. The molecule has 1 fully saturated rings. The van der Waals surface area contributed by atoms with Gasteiger partial charge in [-0.1, -0.05) is 23.4 Å². The number of alkyl halides is 1. The zero-order chi connectivity index (χ0) is 23.5. The van der Waals surface area contributed by atoms with E-state index in [-0.39, 0.29) is 41.3 Å². The largest absolute Gasteiger partial charge is 0.444 e. The molecule has 1 aliphatic heterocycles. The standard InChI is InChI=1S/C23H32ClN3O5/c1-14(2)30-19-7-6-15(12-17(19)24)20-13-18(26-32-20)21(28)25-16-8-10-27(11-9-16)22(29)31-23(3,4)5/h6-7,12-14,16-17,19H,8-11H2,1-5H3,(H,25,28). The van der Waals surface area contributed by atoms with Gasteiger partial charge in [0.1, 0.15) is 5.60 Å². The average molecular weight is 466 g/mol. The maximum Gasteiger partial charge on any atom is 0.410 e. The summed E-state index contributed by atoms with van der Waals surface area (Å²) < 4.78 is 16.5. The molecular formula is C23H32ClN3O5. The lowest BCUT2D eigenvalue weighted by atomic mass is 10.0. The van der Waals surface area contributed by atoms with Gasteiger partial charge in [-0.25, -0.2) is 4.79 Å². The SMILES string of the molecule is CC(C)OC1C=CC(c2cc(C(=O)NC3CCN(C(=O)OC(C)(C)C)CC3)no2)=CC1Cl. The Morgan fingerprint density at radius 3 is 2.56 bits per heavy atom. The number of halogens is 1. The normalized spacial score (nSPS) is 22.1. The fourth-order valence-electron chi connectivity index (χ4n) is 3.54. The predicted molar refractivity (Wildman–Crippen MR) is 122 cm³/mol. The molecule has 0 saturated carbocycles. The molecule has 1 saturated heterocycles. The minimum atomic E-state index is -0.526. The number of rotatable bonds is 5. The van der Waals surface area contributed by atoms with Gasteiger partial charge in [0.25, 0.3) is 5.91 Å². The van der Waals surface area contributed by atoms with Gasteiger partial charge in [-0.3, -0.25) is 4.79 Å². The number of allylic oxidation sites excluding steroid dienone is 2. The summed E-state index contributed by atoms with van der Waals surface area (Å²) >= 11 is 6.41. The minimum absolute atomic E-state index is 0.0451. The number of hydrogen-bond acceptors (Lipinski definition) is 6. The quantitative estimate of drug-likeness (QED) is 0.656. The van der Waals surface area contributed by atoms with Crippen LogP contribution in [0.2, 0.25) is 0 Å². The number of likely N-dealkylation sites (tertiary alicyclic amines) is 1. The van der Waals surface area contributed by atoms with Crippen molar-refractivity contribution in [2.24, 2.45) is 0 Å². The van der Waals surface area contributed by atoms with Crippen molar-refractivity contribution in [3.05, 3.63) is 35.7 Å². The summed E-state index contributed by atoms with van der Waals surface area (Å²) in [5.41, 5.74) is 0.433. The zero-order valence-corrected chi connectivity index (χ0v) is 20.0. The van der Waals surface area contributed by atoms with Crippen LogP contribution in [0.25, 0.3) is 5.57 Å². The van der Waals surface area contributed by atoms with Gasteiger partial charge in [0, 0.05) is 30.8 Å². The smallest absolute Gasteiger partial charge is 0.410 e. The zero-order valence-electron chi connectivity index (χ0n) is 19.3. The number of hydrogen-bond donors (Lipinski definition) is 1. The predicted octanol–water partition coefficient (Wildman–Crippen LogP) is 4.16. The second kappa shape index (κ2) is 10.1. The fraction of sp³-hybridized carbons (Fsp3) is 0.609. The van der Waals surface area contributed by atoms with E-state index in [4.69, 9.17) is 25.6 Å². The number of amides is 2. The summed E-state index contributed by atoms with van der Waals surface area (Å²) in [6.07, 6.45) is 6.41. The van der Waals surface area contributed by atoms with E-state index in [1.165, 1.54) is 0 Å². The van der Waals surface area contributed by atoms with Crippen LogP contribution in [-0.2, 0) is 9.47 Å². The van der Waals surface area contributed by atoms with Crippen LogP contribution in [0.15, 0.2) is 28.8 Å². The van der Waals surface area contributed by atoms with Crippen molar-refractivity contribution in [1.29, 1.82) is 0 Å². The first-order chi connectivity index (χ1) is 15.0. The summed E-state index contributed by atoms with van der Waals surface area (Å²) in [4.78, 5) is 26.5. The minimum Gasteiger partial charge on any atom is -0.444 e. The van der Waals surface area contributed by atoms with Crippen molar-refractivity contribution in [3.8, 4) is 0 Å². The molecule has 0 aromatic carbocycles. The molecule has 2 atom stereocenters. The Bertz CT molecular complexity index is 878. The summed E-state index contributed by atoms with van der Waals surface area (Å²) in [7, 11) is 0. The van der Waals surface area contributed by atoms with Crippen LogP contribution >= 0.6 is 11.6 Å². The van der Waals surface area contributed by atoms with E-state index >= 15 is 0 Å². The second-order valence-corrected chi connectivity index (χ2v) is 9.87. The molecule has 1 N–H and O–H groups in total. The third-order valence-corrected chi connectivity index (χ3v) is 5.43. The van der Waals surface area contributed by atoms with Gasteiger partial charge < -0.3 is 24.2 Å². The molecule has 2 aliphatic rings. The van der Waals surface area contributed by atoms with Crippen molar-refractivity contribution in [3.63, 3.8) is 0 Å². The Labute approximate surface area is 193 Å². The lowest BCUT2D eigenvalue weighted by Gasteiger charge is -2.33. The van der Waals surface area contributed by atoms with Gasteiger partial charge in [-0.15, -0.1) is 11.6 Å². The number of piperidine rings is 1. The Morgan fingerprint density at radius 2 is 1.97 bits per heavy atom. The molecule has 3 rings (SSSR count). The molecular weight excluding hydrogens is 434 g/mol. The van der Waals surface area contributed by atoms with Crippen LogP contribution in [0.5, 0.6) is 0 Å². The van der Waals surface area contributed by atoms with E-state index in [1.54, 1.807) is 11.0 Å². The molecule has 2 amide bonds. The molecule has 176 valence electrons. The molecule has 0 spiro atoms. The van der Waals surface area contributed by atoms with E-state index in [0.29, 0.717) is 31.7 Å². The van der Waals surface area contributed by atoms with Crippen LogP contribution in [0.1, 0.15) is 63.7 Å². The van der Waals surface area contributed by atoms with Gasteiger partial charge in [0.15, 0.2) is 11.5 Å². The van der Waals surface area contributed by atoms with Crippen molar-refractivity contribution in [1.82, 2.24) is 15.4 Å². The number of nitrogens with one attached hydrogen (secondary N) is 1.